The van der Waals surface area contributed by atoms with Gasteiger partial charge >= 0.3 is 0 Å². The molecule has 0 radical (unpaired) electrons. The van der Waals surface area contributed by atoms with Crippen molar-refractivity contribution in [3.05, 3.63) is 107 Å². The number of halogens is 1. The summed E-state index contributed by atoms with van der Waals surface area (Å²) in [7, 11) is -0.540. The van der Waals surface area contributed by atoms with Crippen molar-refractivity contribution < 1.29 is 4.39 Å². The van der Waals surface area contributed by atoms with Gasteiger partial charge in [0.15, 0.2) is 0 Å². The number of allylic oxidation sites excluding steroid dienone is 2. The molecule has 0 amide bonds. The SMILES string of the molecule is C=C/C=C\C(=C)CN1CCP(c2cc(Cc3n[nH]c(=O)c4ccccc34)ccc2F)CC1. The van der Waals surface area contributed by atoms with Crippen LogP contribution in [0.15, 0.2) is 84.2 Å². The fourth-order valence-corrected chi connectivity index (χ4v) is 6.58. The molecule has 1 aliphatic heterocycles. The van der Waals surface area contributed by atoms with Crippen LogP contribution in [0.5, 0.6) is 0 Å². The Balaban J connectivity index is 1.48. The van der Waals surface area contributed by atoms with Crippen LogP contribution in [-0.2, 0) is 6.42 Å². The van der Waals surface area contributed by atoms with Crippen molar-refractivity contribution in [2.24, 2.45) is 0 Å². The fraction of sp³-hybridized carbons (Fsp3) is 0.231. The molecule has 6 heteroatoms. The summed E-state index contributed by atoms with van der Waals surface area (Å²) in [5, 5.41) is 9.17. The van der Waals surface area contributed by atoms with Gasteiger partial charge in [-0.2, -0.15) is 5.10 Å². The molecule has 1 N–H and O–H groups in total. The number of benzene rings is 2. The maximum atomic E-state index is 14.8. The minimum Gasteiger partial charge on any atom is -0.298 e. The first-order valence-corrected chi connectivity index (χ1v) is 12.5. The molecule has 1 fully saturated rings. The zero-order chi connectivity index (χ0) is 22.5. The van der Waals surface area contributed by atoms with Gasteiger partial charge in [0, 0.05) is 36.7 Å². The van der Waals surface area contributed by atoms with E-state index in [1.165, 1.54) is 0 Å². The highest BCUT2D eigenvalue weighted by Gasteiger charge is 2.23. The minimum atomic E-state index is -0.540. The topological polar surface area (TPSA) is 49.0 Å². The highest BCUT2D eigenvalue weighted by atomic mass is 31.1. The van der Waals surface area contributed by atoms with Crippen molar-refractivity contribution in [1.82, 2.24) is 15.1 Å². The molecule has 2 aromatic carbocycles. The van der Waals surface area contributed by atoms with Gasteiger partial charge in [-0.3, -0.25) is 9.69 Å². The molecule has 0 saturated carbocycles. The second-order valence-corrected chi connectivity index (χ2v) is 10.5. The normalized spacial score (nSPS) is 15.4. The lowest BCUT2D eigenvalue weighted by Crippen LogP contribution is -2.37. The van der Waals surface area contributed by atoms with E-state index >= 15 is 0 Å². The zero-order valence-corrected chi connectivity index (χ0v) is 19.0. The molecule has 0 spiro atoms. The van der Waals surface area contributed by atoms with Crippen LogP contribution in [0.4, 0.5) is 4.39 Å². The van der Waals surface area contributed by atoms with Crippen molar-refractivity contribution >= 4 is 24.0 Å². The molecule has 2 heterocycles. The number of hydrogen-bond acceptors (Lipinski definition) is 3. The number of fused-ring (bicyclic) bond motifs is 1. The maximum absolute atomic E-state index is 14.8. The predicted octanol–water partition coefficient (Wildman–Crippen LogP) is 4.37. The Morgan fingerprint density at radius 1 is 1.19 bits per heavy atom. The highest BCUT2D eigenvalue weighted by Crippen LogP contribution is 2.38. The van der Waals surface area contributed by atoms with Gasteiger partial charge in [0.05, 0.1) is 11.1 Å². The fourth-order valence-electron chi connectivity index (χ4n) is 4.10. The van der Waals surface area contributed by atoms with E-state index in [4.69, 9.17) is 0 Å². The van der Waals surface area contributed by atoms with E-state index in [9.17, 15) is 9.18 Å². The number of rotatable bonds is 7. The van der Waals surface area contributed by atoms with Gasteiger partial charge in [0.25, 0.3) is 5.56 Å². The largest absolute Gasteiger partial charge is 0.298 e. The summed E-state index contributed by atoms with van der Waals surface area (Å²) >= 11 is 0. The molecule has 164 valence electrons. The molecule has 0 bridgehead atoms. The van der Waals surface area contributed by atoms with E-state index in [2.05, 4.69) is 28.3 Å². The Bertz CT molecular complexity index is 1230. The number of nitrogens with one attached hydrogen (secondary N) is 1. The van der Waals surface area contributed by atoms with Crippen LogP contribution in [0.3, 0.4) is 0 Å². The third-order valence-electron chi connectivity index (χ3n) is 5.76. The van der Waals surface area contributed by atoms with Crippen LogP contribution in [0.1, 0.15) is 11.3 Å². The van der Waals surface area contributed by atoms with Crippen LogP contribution in [-0.4, -0.2) is 47.1 Å². The minimum absolute atomic E-state index is 0.120. The second kappa shape index (κ2) is 10.2. The van der Waals surface area contributed by atoms with Crippen LogP contribution >= 0.6 is 7.92 Å². The first-order chi connectivity index (χ1) is 15.5. The van der Waals surface area contributed by atoms with Gasteiger partial charge in [-0.05, 0) is 41.7 Å². The highest BCUT2D eigenvalue weighted by molar-refractivity contribution is 7.65. The first-order valence-electron chi connectivity index (χ1n) is 10.7. The third-order valence-corrected chi connectivity index (χ3v) is 8.27. The predicted molar refractivity (Wildman–Crippen MR) is 133 cm³/mol. The summed E-state index contributed by atoms with van der Waals surface area (Å²) in [6.45, 7) is 10.5. The lowest BCUT2D eigenvalue weighted by molar-refractivity contribution is 0.328. The molecule has 4 rings (SSSR count). The summed E-state index contributed by atoms with van der Waals surface area (Å²) in [6.07, 6.45) is 8.15. The molecule has 1 saturated heterocycles. The van der Waals surface area contributed by atoms with E-state index in [0.29, 0.717) is 11.8 Å². The molecule has 1 aliphatic rings. The van der Waals surface area contributed by atoms with Gasteiger partial charge in [-0.1, -0.05) is 63.6 Å². The summed E-state index contributed by atoms with van der Waals surface area (Å²) in [6, 6.07) is 12.9. The molecule has 32 heavy (non-hydrogen) atoms. The van der Waals surface area contributed by atoms with E-state index < -0.39 is 7.92 Å². The smallest absolute Gasteiger partial charge is 0.272 e. The number of H-pyrrole nitrogens is 1. The summed E-state index contributed by atoms with van der Waals surface area (Å²) < 4.78 is 14.8. The Morgan fingerprint density at radius 2 is 1.94 bits per heavy atom. The van der Waals surface area contributed by atoms with Crippen LogP contribution in [0, 0.1) is 5.82 Å². The van der Waals surface area contributed by atoms with Crippen molar-refractivity contribution in [1.29, 1.82) is 0 Å². The molecule has 3 aromatic rings. The molecule has 0 unspecified atom stereocenters. The molecule has 1 aromatic heterocycles. The van der Waals surface area contributed by atoms with Gasteiger partial charge in [0.2, 0.25) is 0 Å². The molecule has 0 aliphatic carbocycles. The number of nitrogens with zero attached hydrogens (tertiary/aromatic N) is 2. The van der Waals surface area contributed by atoms with Gasteiger partial charge in [-0.15, -0.1) is 0 Å². The first kappa shape index (κ1) is 22.3. The zero-order valence-electron chi connectivity index (χ0n) is 18.1. The standard InChI is InChI=1S/C26H27FN3OP/c1-3-4-7-19(2)18-30-12-14-32(15-13-30)25-17-20(10-11-23(25)27)16-24-21-8-5-6-9-22(21)26(31)29-28-24/h3-11,17H,1-2,12-16,18H2,(H,29,31)/b7-4-. The Morgan fingerprint density at radius 3 is 2.69 bits per heavy atom. The number of hydrogen-bond donors (Lipinski definition) is 1. The van der Waals surface area contributed by atoms with E-state index in [1.807, 2.05) is 42.5 Å². The Hall–Kier alpha value is -2.88. The average molecular weight is 447 g/mol. The molecular formula is C26H27FN3OP. The molecule has 4 nitrogen and oxygen atoms in total. The van der Waals surface area contributed by atoms with Crippen LogP contribution in [0.2, 0.25) is 0 Å². The van der Waals surface area contributed by atoms with E-state index in [0.717, 1.165) is 59.5 Å². The van der Waals surface area contributed by atoms with E-state index in [-0.39, 0.29) is 11.4 Å². The number of aromatic amines is 1. The maximum Gasteiger partial charge on any atom is 0.272 e. The van der Waals surface area contributed by atoms with Crippen LogP contribution < -0.4 is 10.9 Å². The van der Waals surface area contributed by atoms with Gasteiger partial charge in [0.1, 0.15) is 5.82 Å². The quantitative estimate of drug-likeness (QED) is 0.432. The van der Waals surface area contributed by atoms with Crippen molar-refractivity contribution in [3.8, 4) is 0 Å². The molecule has 0 atom stereocenters. The monoisotopic (exact) mass is 447 g/mol. The Labute approximate surface area is 188 Å². The third kappa shape index (κ3) is 5.12. The summed E-state index contributed by atoms with van der Waals surface area (Å²) in [4.78, 5) is 14.4. The average Bonchev–Trinajstić information content (AvgIpc) is 2.81. The van der Waals surface area contributed by atoms with Gasteiger partial charge < -0.3 is 0 Å². The number of aromatic nitrogens is 2. The lowest BCUT2D eigenvalue weighted by Gasteiger charge is -2.32. The van der Waals surface area contributed by atoms with Crippen molar-refractivity contribution in [2.45, 2.75) is 6.42 Å². The summed E-state index contributed by atoms with van der Waals surface area (Å²) in [5.41, 5.74) is 2.68. The van der Waals surface area contributed by atoms with Crippen molar-refractivity contribution in [3.63, 3.8) is 0 Å². The van der Waals surface area contributed by atoms with Gasteiger partial charge in [-0.25, -0.2) is 9.49 Å². The molecular weight excluding hydrogens is 420 g/mol. The van der Waals surface area contributed by atoms with Crippen LogP contribution in [0.25, 0.3) is 10.8 Å². The summed E-state index contributed by atoms with van der Waals surface area (Å²) in [5.74, 6) is -0.120. The van der Waals surface area contributed by atoms with Crippen molar-refractivity contribution in [2.75, 3.05) is 32.0 Å². The van der Waals surface area contributed by atoms with E-state index in [1.54, 1.807) is 18.2 Å². The second-order valence-electron chi connectivity index (χ2n) is 8.02. The lowest BCUT2D eigenvalue weighted by atomic mass is 10.0. The Kier molecular flexibility index (Phi) is 7.09.